The summed E-state index contributed by atoms with van der Waals surface area (Å²) in [5.41, 5.74) is -0.0337. The smallest absolute Gasteiger partial charge is 0.146 e. The lowest BCUT2D eigenvalue weighted by Crippen LogP contribution is -2.49. The average molecular weight is 428 g/mol. The number of allylic oxidation sites excluding steroid dienone is 1. The molecule has 4 heteroatoms. The van der Waals surface area contributed by atoms with E-state index in [9.17, 15) is 0 Å². The molecule has 4 fully saturated rings. The van der Waals surface area contributed by atoms with Crippen LogP contribution in [0.15, 0.2) is 17.1 Å². The molecular formula is C27H45N3O. The van der Waals surface area contributed by atoms with E-state index < -0.39 is 0 Å². The summed E-state index contributed by atoms with van der Waals surface area (Å²) in [4.78, 5) is 10.1. The minimum absolute atomic E-state index is 0.155. The van der Waals surface area contributed by atoms with Crippen molar-refractivity contribution in [2.75, 3.05) is 27.2 Å². The molecule has 2 aliphatic carbocycles. The third-order valence-electron chi connectivity index (χ3n) is 9.93. The fourth-order valence-corrected chi connectivity index (χ4v) is 7.96. The van der Waals surface area contributed by atoms with E-state index in [0.29, 0.717) is 12.1 Å². The second-order valence-corrected chi connectivity index (χ2v) is 11.9. The van der Waals surface area contributed by atoms with Crippen molar-refractivity contribution in [2.45, 2.75) is 102 Å². The maximum absolute atomic E-state index is 6.70. The SMILES string of the molecule is CN(C)C1CCC(C=CC23OCCN2C2CCC(C4CCCC=N4)CC2C3(C)C)CC1. The van der Waals surface area contributed by atoms with Gasteiger partial charge in [-0.3, -0.25) is 9.89 Å². The van der Waals surface area contributed by atoms with Gasteiger partial charge in [-0.1, -0.05) is 19.9 Å². The number of rotatable bonds is 4. The Balaban J connectivity index is 1.33. The molecule has 0 N–H and O–H groups in total. The number of fused-ring (bicyclic) bond motifs is 3. The first-order valence-corrected chi connectivity index (χ1v) is 13.2. The van der Waals surface area contributed by atoms with Crippen LogP contribution in [0.4, 0.5) is 0 Å². The Labute approximate surface area is 190 Å². The summed E-state index contributed by atoms with van der Waals surface area (Å²) >= 11 is 0. The fourth-order valence-electron chi connectivity index (χ4n) is 7.96. The van der Waals surface area contributed by atoms with Crippen molar-refractivity contribution in [3.8, 4) is 0 Å². The van der Waals surface area contributed by atoms with E-state index >= 15 is 0 Å². The second-order valence-electron chi connectivity index (χ2n) is 11.9. The Hall–Kier alpha value is -0.710. The Morgan fingerprint density at radius 3 is 2.58 bits per heavy atom. The predicted molar refractivity (Wildman–Crippen MR) is 128 cm³/mol. The van der Waals surface area contributed by atoms with Crippen molar-refractivity contribution in [3.63, 3.8) is 0 Å². The first kappa shape index (κ1) is 22.1. The van der Waals surface area contributed by atoms with Crippen LogP contribution >= 0.6 is 0 Å². The van der Waals surface area contributed by atoms with Crippen molar-refractivity contribution in [2.24, 2.45) is 28.2 Å². The van der Waals surface area contributed by atoms with E-state index in [1.807, 2.05) is 0 Å². The van der Waals surface area contributed by atoms with Crippen LogP contribution in [0.1, 0.15) is 78.1 Å². The van der Waals surface area contributed by atoms with Crippen molar-refractivity contribution < 1.29 is 4.74 Å². The van der Waals surface area contributed by atoms with Crippen LogP contribution < -0.4 is 0 Å². The van der Waals surface area contributed by atoms with Crippen LogP contribution in [0.2, 0.25) is 0 Å². The third kappa shape index (κ3) is 3.75. The summed E-state index contributed by atoms with van der Waals surface area (Å²) in [6, 6.07) is 2.04. The predicted octanol–water partition coefficient (Wildman–Crippen LogP) is 5.14. The lowest BCUT2D eigenvalue weighted by Gasteiger charge is -2.43. The van der Waals surface area contributed by atoms with E-state index in [1.165, 1.54) is 64.2 Å². The standard InChI is InChI=1S/C27H45N3O/c1-26(2)23-19-21(24-7-5-6-16-28-24)10-13-25(23)30-17-18-31-27(26,30)15-14-20-8-11-22(12-9-20)29(3)4/h14-16,20-25H,5-13,17-19H2,1-4H3. The van der Waals surface area contributed by atoms with Gasteiger partial charge in [0.1, 0.15) is 5.72 Å². The van der Waals surface area contributed by atoms with E-state index in [1.54, 1.807) is 0 Å². The van der Waals surface area contributed by atoms with Gasteiger partial charge in [0, 0.05) is 24.0 Å². The average Bonchev–Trinajstić information content (AvgIpc) is 3.30. The van der Waals surface area contributed by atoms with Crippen LogP contribution in [0.25, 0.3) is 0 Å². The number of nitrogens with zero attached hydrogens (tertiary/aromatic N) is 3. The number of ether oxygens (including phenoxy) is 1. The molecule has 2 saturated heterocycles. The highest BCUT2D eigenvalue weighted by Gasteiger charge is 2.66. The highest BCUT2D eigenvalue weighted by Crippen LogP contribution is 2.60. The van der Waals surface area contributed by atoms with Crippen LogP contribution in [0.3, 0.4) is 0 Å². The largest absolute Gasteiger partial charge is 0.355 e. The van der Waals surface area contributed by atoms with Crippen molar-refractivity contribution in [3.05, 3.63) is 12.2 Å². The van der Waals surface area contributed by atoms with Gasteiger partial charge in [0.05, 0.1) is 12.6 Å². The summed E-state index contributed by atoms with van der Waals surface area (Å²) in [7, 11) is 4.47. The minimum Gasteiger partial charge on any atom is -0.355 e. The Bertz CT molecular complexity index is 693. The molecule has 31 heavy (non-hydrogen) atoms. The van der Waals surface area contributed by atoms with Crippen LogP contribution in [-0.4, -0.2) is 67.1 Å². The molecule has 0 amide bonds. The number of hydrogen-bond acceptors (Lipinski definition) is 4. The Morgan fingerprint density at radius 1 is 1.06 bits per heavy atom. The topological polar surface area (TPSA) is 28.1 Å². The van der Waals surface area contributed by atoms with E-state index in [-0.39, 0.29) is 11.1 Å². The molecule has 0 aromatic rings. The molecule has 0 aromatic carbocycles. The monoisotopic (exact) mass is 427 g/mol. The quantitative estimate of drug-likeness (QED) is 0.582. The zero-order valence-corrected chi connectivity index (χ0v) is 20.4. The lowest BCUT2D eigenvalue weighted by atomic mass is 9.64. The second kappa shape index (κ2) is 8.57. The van der Waals surface area contributed by atoms with E-state index in [2.05, 4.69) is 56.1 Å². The van der Waals surface area contributed by atoms with Gasteiger partial charge in [-0.05, 0) is 108 Å². The van der Waals surface area contributed by atoms with Crippen LogP contribution in [-0.2, 0) is 4.74 Å². The summed E-state index contributed by atoms with van der Waals surface area (Å²) in [6.45, 7) is 7.01. The molecule has 5 atom stereocenters. The summed E-state index contributed by atoms with van der Waals surface area (Å²) in [5.74, 6) is 2.22. The Morgan fingerprint density at radius 2 is 1.87 bits per heavy atom. The van der Waals surface area contributed by atoms with Gasteiger partial charge in [-0.2, -0.15) is 0 Å². The molecule has 2 saturated carbocycles. The van der Waals surface area contributed by atoms with Gasteiger partial charge in [-0.15, -0.1) is 0 Å². The fraction of sp³-hybridized carbons (Fsp3) is 0.889. The maximum atomic E-state index is 6.70. The molecule has 4 nitrogen and oxygen atoms in total. The third-order valence-corrected chi connectivity index (χ3v) is 9.93. The summed E-state index contributed by atoms with van der Waals surface area (Å²) < 4.78 is 6.70. The van der Waals surface area contributed by atoms with E-state index in [0.717, 1.165) is 36.9 Å². The van der Waals surface area contributed by atoms with Crippen LogP contribution in [0, 0.1) is 23.2 Å². The van der Waals surface area contributed by atoms with Crippen LogP contribution in [0.5, 0.6) is 0 Å². The molecule has 5 rings (SSSR count). The maximum Gasteiger partial charge on any atom is 0.146 e. The van der Waals surface area contributed by atoms with Crippen molar-refractivity contribution >= 4 is 6.21 Å². The molecule has 0 spiro atoms. The van der Waals surface area contributed by atoms with Gasteiger partial charge < -0.3 is 9.64 Å². The Kier molecular flexibility index (Phi) is 6.11. The number of aliphatic imine (C=N–C) groups is 1. The minimum atomic E-state index is -0.189. The van der Waals surface area contributed by atoms with Gasteiger partial charge >= 0.3 is 0 Å². The van der Waals surface area contributed by atoms with Gasteiger partial charge in [0.2, 0.25) is 0 Å². The molecular weight excluding hydrogens is 382 g/mol. The molecule has 5 aliphatic rings. The molecule has 174 valence electrons. The van der Waals surface area contributed by atoms with Gasteiger partial charge in [0.25, 0.3) is 0 Å². The van der Waals surface area contributed by atoms with Crippen molar-refractivity contribution in [1.82, 2.24) is 9.80 Å². The molecule has 0 radical (unpaired) electrons. The van der Waals surface area contributed by atoms with Crippen molar-refractivity contribution in [1.29, 1.82) is 0 Å². The highest BCUT2D eigenvalue weighted by atomic mass is 16.5. The van der Waals surface area contributed by atoms with Gasteiger partial charge in [-0.25, -0.2) is 0 Å². The zero-order valence-electron chi connectivity index (χ0n) is 20.4. The molecule has 0 bridgehead atoms. The molecule has 3 heterocycles. The molecule has 5 unspecified atom stereocenters. The van der Waals surface area contributed by atoms with E-state index in [4.69, 9.17) is 9.73 Å². The first-order chi connectivity index (χ1) is 14.9. The zero-order chi connectivity index (χ0) is 21.6. The summed E-state index contributed by atoms with van der Waals surface area (Å²) in [5, 5.41) is 0. The lowest BCUT2D eigenvalue weighted by molar-refractivity contribution is -0.0947. The normalized spacial score (nSPS) is 45.3. The number of hydrogen-bond donors (Lipinski definition) is 0. The summed E-state index contributed by atoms with van der Waals surface area (Å²) in [6.07, 6.45) is 20.5. The first-order valence-electron chi connectivity index (χ1n) is 13.2. The molecule has 0 aromatic heterocycles. The van der Waals surface area contributed by atoms with Gasteiger partial charge in [0.15, 0.2) is 0 Å². The highest BCUT2D eigenvalue weighted by molar-refractivity contribution is 5.58. The molecule has 3 aliphatic heterocycles.